The molecule has 60 valence electrons. The van der Waals surface area contributed by atoms with Crippen molar-refractivity contribution in [2.75, 3.05) is 0 Å². The van der Waals surface area contributed by atoms with E-state index in [-0.39, 0.29) is 6.10 Å². The van der Waals surface area contributed by atoms with E-state index < -0.39 is 0 Å². The molecule has 0 bridgehead atoms. The standard InChI is InChI=1S/C9H18O/c1-8(10)9-6-4-2-3-5-7-9/h8-10H,2-7H2,1H3/t8-/m1/s1. The molecule has 1 N–H and O–H groups in total. The van der Waals surface area contributed by atoms with Crippen molar-refractivity contribution in [3.63, 3.8) is 0 Å². The molecule has 1 heteroatoms. The summed E-state index contributed by atoms with van der Waals surface area (Å²) in [6.07, 6.45) is 7.84. The van der Waals surface area contributed by atoms with E-state index in [9.17, 15) is 5.11 Å². The Morgan fingerprint density at radius 3 is 2.00 bits per heavy atom. The fourth-order valence-corrected chi connectivity index (χ4v) is 1.79. The molecule has 0 aromatic rings. The Kier molecular flexibility index (Phi) is 3.20. The molecular weight excluding hydrogens is 124 g/mol. The van der Waals surface area contributed by atoms with Crippen molar-refractivity contribution in [1.29, 1.82) is 0 Å². The van der Waals surface area contributed by atoms with Crippen molar-refractivity contribution in [2.45, 2.75) is 51.6 Å². The third-order valence-corrected chi connectivity index (χ3v) is 2.58. The van der Waals surface area contributed by atoms with Crippen LogP contribution in [0.1, 0.15) is 45.4 Å². The first-order valence-electron chi connectivity index (χ1n) is 4.49. The van der Waals surface area contributed by atoms with E-state index in [4.69, 9.17) is 0 Å². The van der Waals surface area contributed by atoms with Gasteiger partial charge in [0.2, 0.25) is 0 Å². The SMILES string of the molecule is C[C@@H](O)C1CCCCCC1. The van der Waals surface area contributed by atoms with Gasteiger partial charge in [0, 0.05) is 0 Å². The number of aliphatic hydroxyl groups excluding tert-OH is 1. The highest BCUT2D eigenvalue weighted by molar-refractivity contribution is 4.68. The van der Waals surface area contributed by atoms with Gasteiger partial charge in [-0.15, -0.1) is 0 Å². The van der Waals surface area contributed by atoms with Gasteiger partial charge in [0.1, 0.15) is 0 Å². The lowest BCUT2D eigenvalue weighted by Crippen LogP contribution is -2.15. The van der Waals surface area contributed by atoms with E-state index in [1.807, 2.05) is 6.92 Å². The number of hydrogen-bond acceptors (Lipinski definition) is 1. The van der Waals surface area contributed by atoms with Crippen molar-refractivity contribution in [3.8, 4) is 0 Å². The van der Waals surface area contributed by atoms with Crippen molar-refractivity contribution < 1.29 is 5.11 Å². The van der Waals surface area contributed by atoms with Gasteiger partial charge in [-0.1, -0.05) is 25.7 Å². The molecule has 0 aromatic heterocycles. The van der Waals surface area contributed by atoms with Gasteiger partial charge in [0.05, 0.1) is 6.10 Å². The van der Waals surface area contributed by atoms with Crippen molar-refractivity contribution in [1.82, 2.24) is 0 Å². The van der Waals surface area contributed by atoms with Gasteiger partial charge in [-0.05, 0) is 25.7 Å². The van der Waals surface area contributed by atoms with Crippen LogP contribution in [0.2, 0.25) is 0 Å². The second kappa shape index (κ2) is 3.97. The van der Waals surface area contributed by atoms with Crippen LogP contribution < -0.4 is 0 Å². The summed E-state index contributed by atoms with van der Waals surface area (Å²) < 4.78 is 0. The highest BCUT2D eigenvalue weighted by atomic mass is 16.3. The first-order chi connectivity index (χ1) is 4.80. The third-order valence-electron chi connectivity index (χ3n) is 2.58. The predicted molar refractivity (Wildman–Crippen MR) is 42.9 cm³/mol. The van der Waals surface area contributed by atoms with Crippen LogP contribution in [0.15, 0.2) is 0 Å². The topological polar surface area (TPSA) is 20.2 Å². The Hall–Kier alpha value is -0.0400. The summed E-state index contributed by atoms with van der Waals surface area (Å²) in [4.78, 5) is 0. The number of aliphatic hydroxyl groups is 1. The van der Waals surface area contributed by atoms with E-state index in [2.05, 4.69) is 0 Å². The number of hydrogen-bond donors (Lipinski definition) is 1. The normalized spacial score (nSPS) is 25.8. The molecular formula is C9H18O. The fourth-order valence-electron chi connectivity index (χ4n) is 1.79. The molecule has 0 aromatic carbocycles. The smallest absolute Gasteiger partial charge is 0.0540 e. The second-order valence-electron chi connectivity index (χ2n) is 3.49. The molecule has 1 aliphatic rings. The molecule has 1 fully saturated rings. The van der Waals surface area contributed by atoms with Gasteiger partial charge in [0.25, 0.3) is 0 Å². The van der Waals surface area contributed by atoms with Crippen LogP contribution in [0.3, 0.4) is 0 Å². The highest BCUT2D eigenvalue weighted by Crippen LogP contribution is 2.24. The first-order valence-corrected chi connectivity index (χ1v) is 4.49. The van der Waals surface area contributed by atoms with Gasteiger partial charge < -0.3 is 5.11 Å². The maximum Gasteiger partial charge on any atom is 0.0540 e. The maximum absolute atomic E-state index is 9.30. The van der Waals surface area contributed by atoms with Crippen LogP contribution in [0.4, 0.5) is 0 Å². The number of rotatable bonds is 1. The molecule has 0 spiro atoms. The molecule has 0 radical (unpaired) electrons. The summed E-state index contributed by atoms with van der Waals surface area (Å²) in [6, 6.07) is 0. The molecule has 1 saturated carbocycles. The van der Waals surface area contributed by atoms with Crippen molar-refractivity contribution in [3.05, 3.63) is 0 Å². The first kappa shape index (κ1) is 8.06. The van der Waals surface area contributed by atoms with Crippen LogP contribution in [-0.4, -0.2) is 11.2 Å². The molecule has 0 unspecified atom stereocenters. The predicted octanol–water partition coefficient (Wildman–Crippen LogP) is 2.34. The lowest BCUT2D eigenvalue weighted by Gasteiger charge is -2.16. The van der Waals surface area contributed by atoms with Crippen LogP contribution >= 0.6 is 0 Å². The summed E-state index contributed by atoms with van der Waals surface area (Å²) in [6.45, 7) is 1.93. The Labute approximate surface area is 63.4 Å². The summed E-state index contributed by atoms with van der Waals surface area (Å²) in [5, 5.41) is 9.30. The van der Waals surface area contributed by atoms with Gasteiger partial charge in [-0.25, -0.2) is 0 Å². The third kappa shape index (κ3) is 2.30. The van der Waals surface area contributed by atoms with E-state index in [1.54, 1.807) is 0 Å². The van der Waals surface area contributed by atoms with Crippen molar-refractivity contribution in [2.24, 2.45) is 5.92 Å². The Morgan fingerprint density at radius 1 is 1.10 bits per heavy atom. The highest BCUT2D eigenvalue weighted by Gasteiger charge is 2.16. The Balaban J connectivity index is 2.28. The maximum atomic E-state index is 9.30. The van der Waals surface area contributed by atoms with E-state index in [0.29, 0.717) is 5.92 Å². The minimum Gasteiger partial charge on any atom is -0.393 e. The lowest BCUT2D eigenvalue weighted by molar-refractivity contribution is 0.116. The monoisotopic (exact) mass is 142 g/mol. The molecule has 10 heavy (non-hydrogen) atoms. The molecule has 1 atom stereocenters. The van der Waals surface area contributed by atoms with Crippen LogP contribution in [0, 0.1) is 5.92 Å². The fraction of sp³-hybridized carbons (Fsp3) is 1.00. The van der Waals surface area contributed by atoms with Gasteiger partial charge in [0.15, 0.2) is 0 Å². The zero-order valence-electron chi connectivity index (χ0n) is 6.84. The summed E-state index contributed by atoms with van der Waals surface area (Å²) >= 11 is 0. The van der Waals surface area contributed by atoms with Crippen LogP contribution in [0.25, 0.3) is 0 Å². The summed E-state index contributed by atoms with van der Waals surface area (Å²) in [5.41, 5.74) is 0. The summed E-state index contributed by atoms with van der Waals surface area (Å²) in [5.74, 6) is 0.600. The quantitative estimate of drug-likeness (QED) is 0.557. The van der Waals surface area contributed by atoms with E-state index >= 15 is 0 Å². The molecule has 0 aliphatic heterocycles. The average molecular weight is 142 g/mol. The molecule has 0 saturated heterocycles. The van der Waals surface area contributed by atoms with E-state index in [1.165, 1.54) is 38.5 Å². The zero-order chi connectivity index (χ0) is 7.40. The van der Waals surface area contributed by atoms with E-state index in [0.717, 1.165) is 0 Å². The minimum absolute atomic E-state index is 0.0712. The van der Waals surface area contributed by atoms with Gasteiger partial charge in [-0.3, -0.25) is 0 Å². The molecule has 1 aliphatic carbocycles. The molecule has 0 heterocycles. The Bertz CT molecular complexity index is 80.7. The Morgan fingerprint density at radius 2 is 1.60 bits per heavy atom. The molecule has 1 nitrogen and oxygen atoms in total. The average Bonchev–Trinajstić information content (AvgIpc) is 2.12. The lowest BCUT2D eigenvalue weighted by atomic mass is 9.95. The molecule has 0 amide bonds. The van der Waals surface area contributed by atoms with Gasteiger partial charge in [-0.2, -0.15) is 0 Å². The molecule has 1 rings (SSSR count). The largest absolute Gasteiger partial charge is 0.393 e. The summed E-state index contributed by atoms with van der Waals surface area (Å²) in [7, 11) is 0. The van der Waals surface area contributed by atoms with Crippen LogP contribution in [0.5, 0.6) is 0 Å². The minimum atomic E-state index is -0.0712. The van der Waals surface area contributed by atoms with Gasteiger partial charge >= 0.3 is 0 Å². The second-order valence-corrected chi connectivity index (χ2v) is 3.49. The zero-order valence-corrected chi connectivity index (χ0v) is 6.84. The van der Waals surface area contributed by atoms with Crippen molar-refractivity contribution >= 4 is 0 Å². The van der Waals surface area contributed by atoms with Crippen LogP contribution in [-0.2, 0) is 0 Å².